The van der Waals surface area contributed by atoms with Gasteiger partial charge in [-0.1, -0.05) is 123 Å². The van der Waals surface area contributed by atoms with Crippen LogP contribution in [0.15, 0.2) is 126 Å². The fourth-order valence-electron chi connectivity index (χ4n) is 9.83. The summed E-state index contributed by atoms with van der Waals surface area (Å²) in [6, 6.07) is 42.6. The number of nitrogens with zero attached hydrogens (tertiary/aromatic N) is 2. The molecule has 2 heterocycles. The molecule has 0 aliphatic heterocycles. The van der Waals surface area contributed by atoms with Gasteiger partial charge in [0.05, 0.1) is 22.9 Å². The monoisotopic (exact) mass is 686 g/mol. The first-order valence-electron chi connectivity index (χ1n) is 19.9. The highest BCUT2D eigenvalue weighted by Gasteiger charge is 2.21. The zero-order valence-corrected chi connectivity index (χ0v) is 30.1. The van der Waals surface area contributed by atoms with Crippen molar-refractivity contribution in [1.29, 1.82) is 0 Å². The lowest BCUT2D eigenvalue weighted by Crippen LogP contribution is -2.05. The van der Waals surface area contributed by atoms with Crippen LogP contribution in [-0.2, 0) is 0 Å². The van der Waals surface area contributed by atoms with Crippen molar-refractivity contribution in [2.24, 2.45) is 0 Å². The fourth-order valence-corrected chi connectivity index (χ4v) is 9.83. The van der Waals surface area contributed by atoms with Gasteiger partial charge in [-0.15, -0.1) is 0 Å². The van der Waals surface area contributed by atoms with Crippen LogP contribution in [-0.4, -0.2) is 9.97 Å². The van der Waals surface area contributed by atoms with Gasteiger partial charge in [0.1, 0.15) is 11.2 Å². The lowest BCUT2D eigenvalue weighted by molar-refractivity contribution is 0.444. The molecule has 0 atom stereocenters. The zero-order valence-electron chi connectivity index (χ0n) is 30.1. The van der Waals surface area contributed by atoms with Crippen LogP contribution in [0.1, 0.15) is 87.2 Å². The van der Waals surface area contributed by atoms with Crippen molar-refractivity contribution in [2.45, 2.75) is 76.0 Å². The van der Waals surface area contributed by atoms with E-state index in [0.29, 0.717) is 11.8 Å². The molecule has 11 rings (SSSR count). The highest BCUT2D eigenvalue weighted by molar-refractivity contribution is 6.23. The molecule has 3 heteroatoms. The van der Waals surface area contributed by atoms with Crippen LogP contribution >= 0.6 is 0 Å². The van der Waals surface area contributed by atoms with Crippen molar-refractivity contribution in [3.8, 4) is 22.4 Å². The Labute approximate surface area is 309 Å². The fraction of sp³-hybridized carbons (Fsp3) is 0.240. The Morgan fingerprint density at radius 2 is 1.11 bits per heavy atom. The SMILES string of the molecule is c1cc(-c2cnc3c4cc(C5CCCCC5)ccc4c4ccc(C5CCCCC5)cc4c3n2)cc(-c2cccc3c2oc2cc4ccccc4cc23)c1. The number of para-hydroxylation sites is 1. The van der Waals surface area contributed by atoms with Crippen molar-refractivity contribution in [3.63, 3.8) is 0 Å². The maximum Gasteiger partial charge on any atom is 0.143 e. The largest absolute Gasteiger partial charge is 0.455 e. The molecular formula is C50H42N2O. The van der Waals surface area contributed by atoms with Gasteiger partial charge in [0.2, 0.25) is 0 Å². The summed E-state index contributed by atoms with van der Waals surface area (Å²) >= 11 is 0. The first-order chi connectivity index (χ1) is 26.2. The Hall–Kier alpha value is -5.54. The standard InChI is InChI=1S/C50H42N2O/c1-3-11-31(12-4-1)35-21-23-40-41-24-22-36(32-13-5-2-6-14-32)28-45(41)49-48(44(40)27-35)51-30-46(52-49)38-18-9-17-37(25-38)39-19-10-20-42-43-26-33-15-7-8-16-34(33)29-47(43)53-50(39)42/h7-10,15-32H,1-6,11-14H2. The molecule has 0 bridgehead atoms. The van der Waals surface area contributed by atoms with Crippen LogP contribution in [0.25, 0.3) is 87.7 Å². The molecule has 2 fully saturated rings. The second kappa shape index (κ2) is 12.6. The van der Waals surface area contributed by atoms with Crippen molar-refractivity contribution >= 4 is 65.3 Å². The summed E-state index contributed by atoms with van der Waals surface area (Å²) < 4.78 is 6.62. The lowest BCUT2D eigenvalue weighted by Gasteiger charge is -2.23. The van der Waals surface area contributed by atoms with E-state index in [1.54, 1.807) is 0 Å². The van der Waals surface area contributed by atoms with Gasteiger partial charge >= 0.3 is 0 Å². The van der Waals surface area contributed by atoms with Crippen LogP contribution in [0, 0.1) is 0 Å². The van der Waals surface area contributed by atoms with E-state index in [1.807, 2.05) is 6.20 Å². The average Bonchev–Trinajstić information content (AvgIpc) is 3.60. The third kappa shape index (κ3) is 5.23. The summed E-state index contributed by atoms with van der Waals surface area (Å²) in [6.45, 7) is 0. The molecule has 2 aliphatic rings. The Balaban J connectivity index is 1.08. The van der Waals surface area contributed by atoms with Gasteiger partial charge in [-0.05, 0) is 106 Å². The van der Waals surface area contributed by atoms with Gasteiger partial charge in [0.15, 0.2) is 0 Å². The minimum absolute atomic E-state index is 0.625. The molecule has 2 aromatic heterocycles. The quantitative estimate of drug-likeness (QED) is 0.173. The van der Waals surface area contributed by atoms with Crippen LogP contribution in [0.3, 0.4) is 0 Å². The van der Waals surface area contributed by atoms with E-state index in [-0.39, 0.29) is 0 Å². The third-order valence-electron chi connectivity index (χ3n) is 12.6. The van der Waals surface area contributed by atoms with Crippen LogP contribution in [0.2, 0.25) is 0 Å². The Morgan fingerprint density at radius 1 is 0.472 bits per heavy atom. The van der Waals surface area contributed by atoms with E-state index in [2.05, 4.69) is 115 Å². The van der Waals surface area contributed by atoms with Crippen molar-refractivity contribution in [1.82, 2.24) is 9.97 Å². The first kappa shape index (κ1) is 31.0. The van der Waals surface area contributed by atoms with E-state index in [4.69, 9.17) is 14.4 Å². The molecule has 0 N–H and O–H groups in total. The van der Waals surface area contributed by atoms with Crippen LogP contribution < -0.4 is 0 Å². The Morgan fingerprint density at radius 3 is 1.83 bits per heavy atom. The summed E-state index contributed by atoms with van der Waals surface area (Å²) in [5.41, 5.74) is 10.9. The average molecular weight is 687 g/mol. The van der Waals surface area contributed by atoms with Gasteiger partial charge < -0.3 is 4.42 Å². The Bertz CT molecular complexity index is 2870. The molecule has 258 valence electrons. The van der Waals surface area contributed by atoms with Gasteiger partial charge in [-0.3, -0.25) is 4.98 Å². The molecule has 0 amide bonds. The molecule has 0 unspecified atom stereocenters. The van der Waals surface area contributed by atoms with Crippen LogP contribution in [0.4, 0.5) is 0 Å². The summed E-state index contributed by atoms with van der Waals surface area (Å²) in [7, 11) is 0. The molecule has 53 heavy (non-hydrogen) atoms. The van der Waals surface area contributed by atoms with Crippen molar-refractivity contribution < 1.29 is 4.42 Å². The van der Waals surface area contributed by atoms with Crippen molar-refractivity contribution in [3.05, 3.63) is 133 Å². The summed E-state index contributed by atoms with van der Waals surface area (Å²) in [5, 5.41) is 9.73. The molecule has 2 saturated carbocycles. The van der Waals surface area contributed by atoms with E-state index in [9.17, 15) is 0 Å². The summed E-state index contributed by atoms with van der Waals surface area (Å²) in [5.74, 6) is 1.26. The number of aromatic nitrogens is 2. The lowest BCUT2D eigenvalue weighted by atomic mass is 9.82. The predicted molar refractivity (Wildman–Crippen MR) is 222 cm³/mol. The molecule has 2 aliphatic carbocycles. The predicted octanol–water partition coefficient (Wildman–Crippen LogP) is 14.4. The molecule has 0 saturated heterocycles. The molecule has 9 aromatic rings. The molecule has 0 spiro atoms. The maximum absolute atomic E-state index is 6.62. The smallest absolute Gasteiger partial charge is 0.143 e. The molecule has 7 aromatic carbocycles. The minimum atomic E-state index is 0.625. The van der Waals surface area contributed by atoms with Gasteiger partial charge in [-0.25, -0.2) is 4.98 Å². The highest BCUT2D eigenvalue weighted by atomic mass is 16.3. The van der Waals surface area contributed by atoms with Crippen LogP contribution in [0.5, 0.6) is 0 Å². The minimum Gasteiger partial charge on any atom is -0.455 e. The van der Waals surface area contributed by atoms with E-state index in [1.165, 1.54) is 108 Å². The number of hydrogen-bond acceptors (Lipinski definition) is 3. The maximum atomic E-state index is 6.62. The number of benzene rings is 7. The highest BCUT2D eigenvalue weighted by Crippen LogP contribution is 2.42. The number of rotatable bonds is 4. The Kier molecular flexibility index (Phi) is 7.35. The van der Waals surface area contributed by atoms with Gasteiger partial charge in [-0.2, -0.15) is 0 Å². The van der Waals surface area contributed by atoms with E-state index >= 15 is 0 Å². The van der Waals surface area contributed by atoms with Crippen molar-refractivity contribution in [2.75, 3.05) is 0 Å². The molecular weight excluding hydrogens is 645 g/mol. The molecule has 0 radical (unpaired) electrons. The summed E-state index contributed by atoms with van der Waals surface area (Å²) in [4.78, 5) is 10.8. The van der Waals surface area contributed by atoms with Gasteiger partial charge in [0.25, 0.3) is 0 Å². The van der Waals surface area contributed by atoms with Gasteiger partial charge in [0, 0.05) is 32.7 Å². The van der Waals surface area contributed by atoms with E-state index in [0.717, 1.165) is 55.4 Å². The second-order valence-corrected chi connectivity index (χ2v) is 15.8. The number of hydrogen-bond donors (Lipinski definition) is 0. The first-order valence-corrected chi connectivity index (χ1v) is 19.9. The number of fused-ring (bicyclic) bond motifs is 10. The second-order valence-electron chi connectivity index (χ2n) is 15.8. The normalized spacial score (nSPS) is 16.2. The number of furan rings is 1. The topological polar surface area (TPSA) is 38.9 Å². The summed E-state index contributed by atoms with van der Waals surface area (Å²) in [6.07, 6.45) is 15.1. The third-order valence-corrected chi connectivity index (χ3v) is 12.6. The molecule has 3 nitrogen and oxygen atoms in total. The zero-order chi connectivity index (χ0) is 34.9. The van der Waals surface area contributed by atoms with E-state index < -0.39 is 0 Å².